The number of hydrogen-bond donors (Lipinski definition) is 3. The third kappa shape index (κ3) is 7.52. The average molecular weight is 581 g/mol. The molecular weight excluding hydrogens is 553 g/mol. The number of thiocarbonyl (C=S) groups is 1. The van der Waals surface area contributed by atoms with Crippen LogP contribution < -0.4 is 15.4 Å². The van der Waals surface area contributed by atoms with Crippen LogP contribution in [-0.4, -0.2) is 32.1 Å². The standard InChI is InChI=1S/C30H27F3N4O3S/c1-18(2)24-6-4-5-7-26(24)35-29(41)27(19(3)38)28(39)34-21-10-8-20(9-11-21)25-16-17-37(36-25)22-12-14-23(15-13-22)40-30(31,32)33/h4-18,38H,1-3H3,(H,34,39)(H,35,41). The van der Waals surface area contributed by atoms with Crippen LogP contribution >= 0.6 is 12.2 Å². The normalized spacial score (nSPS) is 12.1. The molecule has 4 aromatic rings. The molecule has 3 N–H and O–H groups in total. The second-order valence-electron chi connectivity index (χ2n) is 9.38. The highest BCUT2D eigenvalue weighted by Crippen LogP contribution is 2.27. The molecule has 0 spiro atoms. The van der Waals surface area contributed by atoms with Gasteiger partial charge in [-0.1, -0.05) is 56.4 Å². The third-order valence-electron chi connectivity index (χ3n) is 6.01. The van der Waals surface area contributed by atoms with Crippen LogP contribution in [-0.2, 0) is 4.79 Å². The highest BCUT2D eigenvalue weighted by atomic mass is 32.1. The summed E-state index contributed by atoms with van der Waals surface area (Å²) >= 11 is 5.47. The summed E-state index contributed by atoms with van der Waals surface area (Å²) in [6.45, 7) is 5.49. The number of nitrogens with one attached hydrogen (secondary N) is 2. The molecule has 4 rings (SSSR count). The van der Waals surface area contributed by atoms with Gasteiger partial charge in [-0.2, -0.15) is 5.10 Å². The lowest BCUT2D eigenvalue weighted by Gasteiger charge is -2.17. The highest BCUT2D eigenvalue weighted by Gasteiger charge is 2.31. The Morgan fingerprint density at radius 2 is 1.63 bits per heavy atom. The zero-order valence-corrected chi connectivity index (χ0v) is 23.2. The summed E-state index contributed by atoms with van der Waals surface area (Å²) in [5.41, 5.74) is 4.11. The minimum absolute atomic E-state index is 0.0481. The molecule has 1 aromatic heterocycles. The van der Waals surface area contributed by atoms with Crippen molar-refractivity contribution in [2.75, 3.05) is 10.6 Å². The number of ether oxygens (including phenoxy) is 1. The molecule has 0 saturated carbocycles. The summed E-state index contributed by atoms with van der Waals surface area (Å²) in [6, 6.07) is 21.6. The number of allylic oxidation sites excluding steroid dienone is 1. The van der Waals surface area contributed by atoms with Crippen LogP contribution in [0.5, 0.6) is 5.75 Å². The van der Waals surface area contributed by atoms with E-state index in [1.54, 1.807) is 36.5 Å². The third-order valence-corrected chi connectivity index (χ3v) is 6.32. The topological polar surface area (TPSA) is 88.4 Å². The SMILES string of the molecule is CC(O)=C(C(=O)Nc1ccc(-c2ccn(-c3ccc(OC(F)(F)F)cc3)n2)cc1)C(=S)Nc1ccccc1C(C)C. The van der Waals surface area contributed by atoms with Crippen LogP contribution in [0.1, 0.15) is 32.3 Å². The molecule has 0 fully saturated rings. The first-order chi connectivity index (χ1) is 19.4. The second-order valence-corrected chi connectivity index (χ2v) is 9.78. The lowest BCUT2D eigenvalue weighted by Crippen LogP contribution is -2.26. The molecule has 1 heterocycles. The van der Waals surface area contributed by atoms with Crippen molar-refractivity contribution in [2.24, 2.45) is 0 Å². The Kier molecular flexibility index (Phi) is 8.77. The molecule has 0 aliphatic heterocycles. The first-order valence-electron chi connectivity index (χ1n) is 12.5. The monoisotopic (exact) mass is 580 g/mol. The van der Waals surface area contributed by atoms with Crippen molar-refractivity contribution in [1.82, 2.24) is 9.78 Å². The number of carbonyl (C=O) groups is 1. The predicted molar refractivity (Wildman–Crippen MR) is 156 cm³/mol. The summed E-state index contributed by atoms with van der Waals surface area (Å²) in [4.78, 5) is 13.2. The van der Waals surface area contributed by atoms with E-state index in [1.165, 1.54) is 35.9 Å². The number of halogens is 3. The summed E-state index contributed by atoms with van der Waals surface area (Å²) in [7, 11) is 0. The van der Waals surface area contributed by atoms with Gasteiger partial charge < -0.3 is 20.5 Å². The minimum Gasteiger partial charge on any atom is -0.512 e. The molecule has 212 valence electrons. The fraction of sp³-hybridized carbons (Fsp3) is 0.167. The minimum atomic E-state index is -4.76. The number of hydrogen-bond acceptors (Lipinski definition) is 5. The summed E-state index contributed by atoms with van der Waals surface area (Å²) in [6.07, 6.45) is -3.08. The number of nitrogens with zero attached hydrogens (tertiary/aromatic N) is 2. The molecule has 0 aliphatic carbocycles. The maximum absolute atomic E-state index is 13.1. The number of aromatic nitrogens is 2. The predicted octanol–water partition coefficient (Wildman–Crippen LogP) is 7.77. The lowest BCUT2D eigenvalue weighted by molar-refractivity contribution is -0.274. The van der Waals surface area contributed by atoms with Crippen LogP contribution in [0.4, 0.5) is 24.5 Å². The summed E-state index contributed by atoms with van der Waals surface area (Å²) < 4.78 is 42.6. The van der Waals surface area contributed by atoms with Crippen molar-refractivity contribution in [3.8, 4) is 22.7 Å². The van der Waals surface area contributed by atoms with Crippen LogP contribution in [0.3, 0.4) is 0 Å². The van der Waals surface area contributed by atoms with Crippen molar-refractivity contribution in [3.05, 3.63) is 102 Å². The number of aliphatic hydroxyl groups excluding tert-OH is 1. The van der Waals surface area contributed by atoms with E-state index in [1.807, 2.05) is 38.1 Å². The Morgan fingerprint density at radius 3 is 2.24 bits per heavy atom. The van der Waals surface area contributed by atoms with E-state index in [9.17, 15) is 23.1 Å². The molecule has 3 aromatic carbocycles. The maximum Gasteiger partial charge on any atom is 0.573 e. The van der Waals surface area contributed by atoms with Crippen molar-refractivity contribution >= 4 is 34.5 Å². The number of aliphatic hydroxyl groups is 1. The fourth-order valence-corrected chi connectivity index (χ4v) is 4.42. The summed E-state index contributed by atoms with van der Waals surface area (Å²) in [5, 5.41) is 20.6. The van der Waals surface area contributed by atoms with Gasteiger partial charge in [-0.05, 0) is 66.9 Å². The van der Waals surface area contributed by atoms with E-state index in [0.717, 1.165) is 16.8 Å². The van der Waals surface area contributed by atoms with Crippen LogP contribution in [0.2, 0.25) is 0 Å². The van der Waals surface area contributed by atoms with Gasteiger partial charge in [0, 0.05) is 23.1 Å². The zero-order valence-electron chi connectivity index (χ0n) is 22.4. The molecule has 0 unspecified atom stereocenters. The Bertz CT molecular complexity index is 1570. The van der Waals surface area contributed by atoms with Gasteiger partial charge in [-0.25, -0.2) is 4.68 Å². The van der Waals surface area contributed by atoms with Crippen molar-refractivity contribution < 1.29 is 27.8 Å². The largest absolute Gasteiger partial charge is 0.573 e. The lowest BCUT2D eigenvalue weighted by atomic mass is 10.0. The van der Waals surface area contributed by atoms with Crippen LogP contribution in [0.25, 0.3) is 16.9 Å². The Balaban J connectivity index is 1.44. The zero-order chi connectivity index (χ0) is 29.7. The number of benzene rings is 3. The van der Waals surface area contributed by atoms with E-state index in [-0.39, 0.29) is 28.0 Å². The van der Waals surface area contributed by atoms with Gasteiger partial charge in [-0.3, -0.25) is 4.79 Å². The van der Waals surface area contributed by atoms with E-state index in [2.05, 4.69) is 20.5 Å². The van der Waals surface area contributed by atoms with Crippen LogP contribution in [0.15, 0.2) is 96.4 Å². The smallest absolute Gasteiger partial charge is 0.512 e. The molecule has 0 atom stereocenters. The van der Waals surface area contributed by atoms with Gasteiger partial charge in [0.2, 0.25) is 0 Å². The first kappa shape index (κ1) is 29.3. The number of amides is 1. The Labute approximate surface area is 240 Å². The van der Waals surface area contributed by atoms with E-state index < -0.39 is 12.3 Å². The molecular formula is C30H27F3N4O3S. The van der Waals surface area contributed by atoms with E-state index >= 15 is 0 Å². The first-order valence-corrected chi connectivity index (χ1v) is 13.0. The molecule has 0 saturated heterocycles. The van der Waals surface area contributed by atoms with E-state index in [0.29, 0.717) is 17.1 Å². The average Bonchev–Trinajstić information content (AvgIpc) is 3.39. The van der Waals surface area contributed by atoms with Gasteiger partial charge in [0.05, 0.1) is 11.4 Å². The van der Waals surface area contributed by atoms with Crippen molar-refractivity contribution in [3.63, 3.8) is 0 Å². The second kappa shape index (κ2) is 12.3. The molecule has 7 nitrogen and oxygen atoms in total. The van der Waals surface area contributed by atoms with Crippen molar-refractivity contribution in [2.45, 2.75) is 33.1 Å². The van der Waals surface area contributed by atoms with Crippen molar-refractivity contribution in [1.29, 1.82) is 0 Å². The molecule has 0 radical (unpaired) electrons. The van der Waals surface area contributed by atoms with Gasteiger partial charge in [0.1, 0.15) is 22.1 Å². The Morgan fingerprint density at radius 1 is 0.976 bits per heavy atom. The van der Waals surface area contributed by atoms with Gasteiger partial charge in [0.25, 0.3) is 5.91 Å². The number of alkyl halides is 3. The van der Waals surface area contributed by atoms with Crippen LogP contribution in [0, 0.1) is 0 Å². The Hall–Kier alpha value is -4.64. The van der Waals surface area contributed by atoms with Gasteiger partial charge in [0.15, 0.2) is 0 Å². The maximum atomic E-state index is 13.1. The molecule has 41 heavy (non-hydrogen) atoms. The number of carbonyl (C=O) groups excluding carboxylic acids is 1. The quantitative estimate of drug-likeness (QED) is 0.112. The molecule has 1 amide bonds. The van der Waals surface area contributed by atoms with Gasteiger partial charge in [-0.15, -0.1) is 13.2 Å². The molecule has 0 bridgehead atoms. The highest BCUT2D eigenvalue weighted by molar-refractivity contribution is 7.81. The molecule has 11 heteroatoms. The number of rotatable bonds is 8. The number of anilines is 2. The fourth-order valence-electron chi connectivity index (χ4n) is 4.07. The number of para-hydroxylation sites is 1. The summed E-state index contributed by atoms with van der Waals surface area (Å²) in [5.74, 6) is -0.888. The molecule has 0 aliphatic rings. The van der Waals surface area contributed by atoms with Gasteiger partial charge >= 0.3 is 6.36 Å². The van der Waals surface area contributed by atoms with E-state index in [4.69, 9.17) is 12.2 Å².